The average Bonchev–Trinajstić information content (AvgIpc) is 2.85. The summed E-state index contributed by atoms with van der Waals surface area (Å²) in [5, 5.41) is 0. The van der Waals surface area contributed by atoms with Gasteiger partial charge in [0, 0.05) is 25.8 Å². The number of nitrogens with two attached hydrogens (primary N) is 1. The molecule has 2 aromatic heterocycles. The molecule has 108 valence electrons. The molecule has 4 heteroatoms. The van der Waals surface area contributed by atoms with Gasteiger partial charge in [0.1, 0.15) is 5.65 Å². The predicted octanol–water partition coefficient (Wildman–Crippen LogP) is 2.81. The van der Waals surface area contributed by atoms with Crippen LogP contribution < -0.4 is 10.6 Å². The second-order valence-corrected chi connectivity index (χ2v) is 5.96. The smallest absolute Gasteiger partial charge is 0.152 e. The second-order valence-electron chi connectivity index (χ2n) is 5.96. The van der Waals surface area contributed by atoms with Crippen LogP contribution in [0.5, 0.6) is 0 Å². The fourth-order valence-electron chi connectivity index (χ4n) is 3.54. The third kappa shape index (κ3) is 2.18. The number of anilines is 1. The molecule has 2 heterocycles. The number of nitrogens with zero attached hydrogens (tertiary/aromatic N) is 3. The van der Waals surface area contributed by atoms with Gasteiger partial charge in [0.05, 0.1) is 5.69 Å². The van der Waals surface area contributed by atoms with Gasteiger partial charge in [0.2, 0.25) is 0 Å². The molecule has 0 radical (unpaired) electrons. The summed E-state index contributed by atoms with van der Waals surface area (Å²) in [6, 6.07) is 6.68. The third-order valence-electron chi connectivity index (χ3n) is 4.70. The predicted molar refractivity (Wildman–Crippen MR) is 82.9 cm³/mol. The number of fused-ring (bicyclic) bond motifs is 1. The van der Waals surface area contributed by atoms with Crippen LogP contribution in [-0.2, 0) is 6.54 Å². The molecule has 0 amide bonds. The van der Waals surface area contributed by atoms with Gasteiger partial charge in [-0.15, -0.1) is 0 Å². The molecule has 20 heavy (non-hydrogen) atoms. The molecule has 0 bridgehead atoms. The van der Waals surface area contributed by atoms with Crippen molar-refractivity contribution in [2.24, 2.45) is 11.7 Å². The van der Waals surface area contributed by atoms with E-state index in [-0.39, 0.29) is 0 Å². The summed E-state index contributed by atoms with van der Waals surface area (Å²) in [4.78, 5) is 7.16. The first-order valence-corrected chi connectivity index (χ1v) is 7.61. The second kappa shape index (κ2) is 5.44. The van der Waals surface area contributed by atoms with Gasteiger partial charge in [-0.05, 0) is 30.9 Å². The number of imidazole rings is 1. The summed E-state index contributed by atoms with van der Waals surface area (Å²) < 4.78 is 2.11. The lowest BCUT2D eigenvalue weighted by atomic mass is 9.85. The van der Waals surface area contributed by atoms with Crippen molar-refractivity contribution < 1.29 is 0 Å². The summed E-state index contributed by atoms with van der Waals surface area (Å²) in [6.45, 7) is 2.88. The fourth-order valence-corrected chi connectivity index (χ4v) is 3.54. The van der Waals surface area contributed by atoms with E-state index in [2.05, 4.69) is 23.3 Å². The topological polar surface area (TPSA) is 46.6 Å². The van der Waals surface area contributed by atoms with Crippen LogP contribution in [0.3, 0.4) is 0 Å². The van der Waals surface area contributed by atoms with Gasteiger partial charge in [-0.25, -0.2) is 4.98 Å². The summed E-state index contributed by atoms with van der Waals surface area (Å²) in [5.74, 6) is 1.78. The molecule has 2 aromatic rings. The van der Waals surface area contributed by atoms with Gasteiger partial charge in [0.15, 0.2) is 5.82 Å². The molecule has 1 fully saturated rings. The monoisotopic (exact) mass is 272 g/mol. The van der Waals surface area contributed by atoms with E-state index in [1.165, 1.54) is 25.7 Å². The zero-order valence-electron chi connectivity index (χ0n) is 12.4. The molecule has 1 aliphatic carbocycles. The highest BCUT2D eigenvalue weighted by Gasteiger charge is 2.28. The minimum atomic E-state index is 0.520. The first kappa shape index (κ1) is 13.4. The van der Waals surface area contributed by atoms with Crippen LogP contribution in [0.2, 0.25) is 0 Å². The highest BCUT2D eigenvalue weighted by Crippen LogP contribution is 2.31. The van der Waals surface area contributed by atoms with E-state index in [1.807, 2.05) is 24.4 Å². The van der Waals surface area contributed by atoms with E-state index in [0.29, 0.717) is 12.6 Å². The Hall–Kier alpha value is -1.55. The summed E-state index contributed by atoms with van der Waals surface area (Å²) in [6.07, 6.45) is 7.31. The van der Waals surface area contributed by atoms with Crippen LogP contribution in [0.25, 0.3) is 5.65 Å². The zero-order chi connectivity index (χ0) is 14.1. The van der Waals surface area contributed by atoms with Crippen LogP contribution in [0.1, 0.15) is 38.3 Å². The maximum atomic E-state index is 5.98. The quantitative estimate of drug-likeness (QED) is 0.934. The van der Waals surface area contributed by atoms with E-state index >= 15 is 0 Å². The summed E-state index contributed by atoms with van der Waals surface area (Å²) in [7, 11) is 2.17. The Morgan fingerprint density at radius 1 is 1.35 bits per heavy atom. The lowest BCUT2D eigenvalue weighted by Crippen LogP contribution is -2.39. The number of hydrogen-bond acceptors (Lipinski definition) is 3. The van der Waals surface area contributed by atoms with Crippen molar-refractivity contribution in [2.45, 2.75) is 45.2 Å². The van der Waals surface area contributed by atoms with E-state index in [1.54, 1.807) is 0 Å². The Morgan fingerprint density at radius 3 is 2.90 bits per heavy atom. The molecule has 0 spiro atoms. The largest absolute Gasteiger partial charge is 0.355 e. The highest BCUT2D eigenvalue weighted by molar-refractivity contribution is 5.56. The number of hydrogen-bond donors (Lipinski definition) is 1. The highest BCUT2D eigenvalue weighted by atomic mass is 15.2. The lowest BCUT2D eigenvalue weighted by Gasteiger charge is -2.36. The van der Waals surface area contributed by atoms with Gasteiger partial charge in [-0.2, -0.15) is 0 Å². The molecule has 3 rings (SSSR count). The van der Waals surface area contributed by atoms with E-state index in [4.69, 9.17) is 10.7 Å². The zero-order valence-corrected chi connectivity index (χ0v) is 12.4. The van der Waals surface area contributed by atoms with Gasteiger partial charge >= 0.3 is 0 Å². The molecule has 0 saturated heterocycles. The van der Waals surface area contributed by atoms with Crippen molar-refractivity contribution in [3.05, 3.63) is 30.1 Å². The molecular formula is C16H24N4. The Kier molecular flexibility index (Phi) is 3.66. The van der Waals surface area contributed by atoms with Gasteiger partial charge in [-0.1, -0.05) is 25.8 Å². The van der Waals surface area contributed by atoms with E-state index in [9.17, 15) is 0 Å². The van der Waals surface area contributed by atoms with E-state index in [0.717, 1.165) is 23.1 Å². The van der Waals surface area contributed by atoms with Crippen LogP contribution in [0.4, 0.5) is 5.82 Å². The van der Waals surface area contributed by atoms with Crippen molar-refractivity contribution in [3.8, 4) is 0 Å². The molecule has 2 N–H and O–H groups in total. The third-order valence-corrected chi connectivity index (χ3v) is 4.70. The Labute approximate surface area is 120 Å². The normalized spacial score (nSPS) is 23.1. The Balaban J connectivity index is 2.00. The maximum absolute atomic E-state index is 5.98. The van der Waals surface area contributed by atoms with Gasteiger partial charge in [-0.3, -0.25) is 0 Å². The molecule has 2 unspecified atom stereocenters. The first-order valence-electron chi connectivity index (χ1n) is 7.61. The Morgan fingerprint density at radius 2 is 2.15 bits per heavy atom. The van der Waals surface area contributed by atoms with Crippen LogP contribution in [0.15, 0.2) is 24.4 Å². The van der Waals surface area contributed by atoms with Crippen LogP contribution in [-0.4, -0.2) is 22.5 Å². The molecule has 0 aromatic carbocycles. The summed E-state index contributed by atoms with van der Waals surface area (Å²) >= 11 is 0. The first-order chi connectivity index (χ1) is 9.72. The Bertz CT molecular complexity index is 589. The SMILES string of the molecule is CC1CCCCC1N(C)c1nc2ccccn2c1CN. The van der Waals surface area contributed by atoms with Crippen molar-refractivity contribution in [1.82, 2.24) is 9.38 Å². The molecule has 4 nitrogen and oxygen atoms in total. The van der Waals surface area contributed by atoms with Gasteiger partial charge < -0.3 is 15.0 Å². The van der Waals surface area contributed by atoms with Crippen LogP contribution in [0, 0.1) is 5.92 Å². The minimum absolute atomic E-state index is 0.520. The number of aromatic nitrogens is 2. The molecule has 1 saturated carbocycles. The van der Waals surface area contributed by atoms with Crippen LogP contribution >= 0.6 is 0 Å². The molecule has 1 aliphatic rings. The van der Waals surface area contributed by atoms with Gasteiger partial charge in [0.25, 0.3) is 0 Å². The standard InChI is InChI=1S/C16H24N4/c1-12-7-3-4-8-13(12)19(2)16-14(11-17)20-10-6-5-9-15(20)18-16/h5-6,9-10,12-13H,3-4,7-8,11,17H2,1-2H3. The minimum Gasteiger partial charge on any atom is -0.355 e. The summed E-state index contributed by atoms with van der Waals surface area (Å²) in [5.41, 5.74) is 8.07. The molecule has 2 atom stereocenters. The van der Waals surface area contributed by atoms with Crippen molar-refractivity contribution >= 4 is 11.5 Å². The maximum Gasteiger partial charge on any atom is 0.152 e. The lowest BCUT2D eigenvalue weighted by molar-refractivity contribution is 0.320. The fraction of sp³-hybridized carbons (Fsp3) is 0.562. The molecule has 0 aliphatic heterocycles. The van der Waals surface area contributed by atoms with Crippen molar-refractivity contribution in [3.63, 3.8) is 0 Å². The van der Waals surface area contributed by atoms with E-state index < -0.39 is 0 Å². The number of pyridine rings is 1. The van der Waals surface area contributed by atoms with Crippen molar-refractivity contribution in [2.75, 3.05) is 11.9 Å². The molecular weight excluding hydrogens is 248 g/mol. The van der Waals surface area contributed by atoms with Crippen molar-refractivity contribution in [1.29, 1.82) is 0 Å². The average molecular weight is 272 g/mol. The number of rotatable bonds is 3.